The van der Waals surface area contributed by atoms with Crippen LogP contribution in [0.25, 0.3) is 0 Å². The van der Waals surface area contributed by atoms with Crippen LogP contribution in [0.5, 0.6) is 0 Å². The van der Waals surface area contributed by atoms with E-state index in [9.17, 15) is 0 Å². The van der Waals surface area contributed by atoms with Crippen LogP contribution in [-0.4, -0.2) is 60.8 Å². The number of rotatable bonds is 0. The first-order valence-corrected chi connectivity index (χ1v) is 1.89. The van der Waals surface area contributed by atoms with E-state index in [1.165, 1.54) is 11.8 Å². The molecule has 0 spiro atoms. The zero-order valence-electron chi connectivity index (χ0n) is 5.49. The molecule has 0 unspecified atom stereocenters. The van der Waals surface area contributed by atoms with Crippen LogP contribution in [0.4, 0.5) is 0 Å². The van der Waals surface area contributed by atoms with Gasteiger partial charge in [0.1, 0.15) is 11.9 Å². The number of aliphatic carboxylic acids is 2. The zero-order valence-corrected chi connectivity index (χ0v) is 9.94. The van der Waals surface area contributed by atoms with Crippen LogP contribution < -0.4 is 10.2 Å². The van der Waals surface area contributed by atoms with Crippen molar-refractivity contribution in [1.29, 1.82) is 0 Å². The Morgan fingerprint density at radius 3 is 1.09 bits per heavy atom. The van der Waals surface area contributed by atoms with Crippen LogP contribution in [0, 0.1) is 24.7 Å². The Morgan fingerprint density at radius 1 is 1.00 bits per heavy atom. The topological polar surface area (TPSA) is 80.3 Å². The second kappa shape index (κ2) is 12.3. The van der Waals surface area contributed by atoms with Gasteiger partial charge >= 0.3 is 48.9 Å². The number of hydrogen-bond acceptors (Lipinski definition) is 4. The SMILES string of the molecule is C#CC(=O)[O-].C#CC(=O)[O-].[Ba+2]. The summed E-state index contributed by atoms with van der Waals surface area (Å²) >= 11 is 0. The molecule has 0 aliphatic rings. The maximum atomic E-state index is 9.02. The maximum Gasteiger partial charge on any atom is 2.00 e. The summed E-state index contributed by atoms with van der Waals surface area (Å²) in [5.41, 5.74) is 0. The fourth-order valence-electron chi connectivity index (χ4n) is 0. The van der Waals surface area contributed by atoms with Crippen LogP contribution in [0.1, 0.15) is 0 Å². The summed E-state index contributed by atoms with van der Waals surface area (Å²) in [6.45, 7) is 0. The summed E-state index contributed by atoms with van der Waals surface area (Å²) in [4.78, 5) is 18.0. The Labute approximate surface area is 104 Å². The molecule has 0 heterocycles. The average Bonchev–Trinajstić information content (AvgIpc) is 1.89. The molecule has 11 heavy (non-hydrogen) atoms. The largest absolute Gasteiger partial charge is 2.00 e. The van der Waals surface area contributed by atoms with E-state index in [2.05, 4.69) is 12.8 Å². The van der Waals surface area contributed by atoms with Crippen LogP contribution in [0.15, 0.2) is 0 Å². The number of carbonyl (C=O) groups excluding carboxylic acids is 2. The molecule has 0 radical (unpaired) electrons. The van der Waals surface area contributed by atoms with Crippen molar-refractivity contribution < 1.29 is 19.8 Å². The number of carboxylic acid groups (broad SMARTS) is 2. The minimum Gasteiger partial charge on any atom is -0.537 e. The van der Waals surface area contributed by atoms with Gasteiger partial charge in [-0.2, -0.15) is 0 Å². The van der Waals surface area contributed by atoms with Crippen molar-refractivity contribution in [2.24, 2.45) is 0 Å². The van der Waals surface area contributed by atoms with Crippen LogP contribution in [0.2, 0.25) is 0 Å². The molecule has 0 aliphatic carbocycles. The average molecular weight is 275 g/mol. The standard InChI is InChI=1S/2C3H2O2.Ba/c2*1-2-3(4)5;/h2*1H,(H,4,5);/q;;+2/p-2. The fourth-order valence-corrected chi connectivity index (χ4v) is 0. The predicted molar refractivity (Wildman–Crippen MR) is 33.4 cm³/mol. The first-order chi connectivity index (χ1) is 4.54. The summed E-state index contributed by atoms with van der Waals surface area (Å²) in [5.74, 6) is -0.269. The van der Waals surface area contributed by atoms with E-state index >= 15 is 0 Å². The predicted octanol–water partition coefficient (Wildman–Crippen LogP) is -3.64. The third kappa shape index (κ3) is 42.5. The van der Waals surface area contributed by atoms with Crippen molar-refractivity contribution in [1.82, 2.24) is 0 Å². The molecule has 4 nitrogen and oxygen atoms in total. The third-order valence-corrected chi connectivity index (χ3v) is 0.236. The molecule has 0 aromatic rings. The molecule has 0 rings (SSSR count). The second-order valence-electron chi connectivity index (χ2n) is 0.864. The number of carboxylic acids is 2. The Balaban J connectivity index is -0.000000107. The van der Waals surface area contributed by atoms with Crippen molar-refractivity contribution in [2.45, 2.75) is 0 Å². The first-order valence-electron chi connectivity index (χ1n) is 1.89. The molecular weight excluding hydrogens is 273 g/mol. The molecule has 0 aromatic carbocycles. The molecule has 0 amide bonds. The van der Waals surface area contributed by atoms with Crippen molar-refractivity contribution in [3.8, 4) is 24.7 Å². The van der Waals surface area contributed by atoms with E-state index in [0.29, 0.717) is 0 Å². The summed E-state index contributed by atoms with van der Waals surface area (Å²) in [6, 6.07) is 0. The van der Waals surface area contributed by atoms with E-state index < -0.39 is 11.9 Å². The molecule has 0 bridgehead atoms. The van der Waals surface area contributed by atoms with E-state index in [4.69, 9.17) is 19.8 Å². The van der Waals surface area contributed by atoms with Gasteiger partial charge in [0.2, 0.25) is 0 Å². The normalized spacial score (nSPS) is 4.91. The monoisotopic (exact) mass is 276 g/mol. The van der Waals surface area contributed by atoms with Gasteiger partial charge in [-0.3, -0.25) is 0 Å². The van der Waals surface area contributed by atoms with E-state index in [-0.39, 0.29) is 48.9 Å². The van der Waals surface area contributed by atoms with Gasteiger partial charge in [0, 0.05) is 0 Å². The van der Waals surface area contributed by atoms with E-state index in [0.717, 1.165) is 0 Å². The second-order valence-corrected chi connectivity index (χ2v) is 0.864. The summed E-state index contributed by atoms with van der Waals surface area (Å²) in [6.07, 6.45) is 8.52. The zero-order chi connectivity index (χ0) is 8.57. The number of carbonyl (C=O) groups is 2. The quantitative estimate of drug-likeness (QED) is 0.337. The Bertz CT molecular complexity index is 184. The van der Waals surface area contributed by atoms with Crippen molar-refractivity contribution in [2.75, 3.05) is 0 Å². The summed E-state index contributed by atoms with van der Waals surface area (Å²) in [5, 5.41) is 18.0. The first kappa shape index (κ1) is 16.9. The number of hydrogen-bond donors (Lipinski definition) is 0. The van der Waals surface area contributed by atoms with Crippen molar-refractivity contribution >= 4 is 60.8 Å². The van der Waals surface area contributed by atoms with E-state index in [1.54, 1.807) is 0 Å². The summed E-state index contributed by atoms with van der Waals surface area (Å²) in [7, 11) is 0. The van der Waals surface area contributed by atoms with Crippen LogP contribution in [0.3, 0.4) is 0 Å². The Morgan fingerprint density at radius 2 is 1.09 bits per heavy atom. The molecule has 52 valence electrons. The fraction of sp³-hybridized carbons (Fsp3) is 0. The molecular formula is C6H2BaO4. The minimum atomic E-state index is -1.47. The van der Waals surface area contributed by atoms with Gasteiger partial charge in [-0.05, 0) is 0 Å². The van der Waals surface area contributed by atoms with Gasteiger partial charge in [-0.15, -0.1) is 12.8 Å². The molecule has 0 atom stereocenters. The van der Waals surface area contributed by atoms with Crippen molar-refractivity contribution in [3.63, 3.8) is 0 Å². The van der Waals surface area contributed by atoms with Gasteiger partial charge in [-0.25, -0.2) is 0 Å². The third-order valence-electron chi connectivity index (χ3n) is 0.236. The smallest absolute Gasteiger partial charge is 0.537 e. The molecule has 0 saturated carbocycles. The minimum absolute atomic E-state index is 0. The Kier molecular flexibility index (Phi) is 19.0. The van der Waals surface area contributed by atoms with Crippen LogP contribution >= 0.6 is 0 Å². The maximum absolute atomic E-state index is 9.02. The van der Waals surface area contributed by atoms with Gasteiger partial charge < -0.3 is 19.8 Å². The molecule has 0 N–H and O–H groups in total. The molecule has 0 fully saturated rings. The van der Waals surface area contributed by atoms with Gasteiger partial charge in [0.25, 0.3) is 0 Å². The molecule has 5 heteroatoms. The van der Waals surface area contributed by atoms with Gasteiger partial charge in [0.15, 0.2) is 0 Å². The van der Waals surface area contributed by atoms with Gasteiger partial charge in [-0.1, -0.05) is 11.8 Å². The molecule has 0 saturated heterocycles. The Hall–Kier alpha value is -0.369. The molecule has 0 aromatic heterocycles. The van der Waals surface area contributed by atoms with Crippen molar-refractivity contribution in [3.05, 3.63) is 0 Å². The summed E-state index contributed by atoms with van der Waals surface area (Å²) < 4.78 is 0. The van der Waals surface area contributed by atoms with Crippen LogP contribution in [-0.2, 0) is 9.59 Å². The van der Waals surface area contributed by atoms with Gasteiger partial charge in [0.05, 0.1) is 0 Å². The number of terminal acetylenes is 2. The molecule has 0 aliphatic heterocycles. The van der Waals surface area contributed by atoms with E-state index in [1.807, 2.05) is 0 Å².